The van der Waals surface area contributed by atoms with E-state index < -0.39 is 11.8 Å². The Morgan fingerprint density at radius 1 is 1.19 bits per heavy atom. The molecule has 0 unspecified atom stereocenters. The van der Waals surface area contributed by atoms with E-state index >= 15 is 0 Å². The molecule has 0 bridgehead atoms. The van der Waals surface area contributed by atoms with Gasteiger partial charge in [0.25, 0.3) is 0 Å². The summed E-state index contributed by atoms with van der Waals surface area (Å²) in [5, 5.41) is 5.34. The minimum absolute atomic E-state index is 0.445. The Labute approximate surface area is 127 Å². The van der Waals surface area contributed by atoms with Crippen molar-refractivity contribution < 1.29 is 9.59 Å². The first kappa shape index (κ1) is 17.2. The lowest BCUT2D eigenvalue weighted by atomic mass is 9.99. The maximum Gasteiger partial charge on any atom is 0.313 e. The van der Waals surface area contributed by atoms with E-state index in [1.165, 1.54) is 0 Å². The van der Waals surface area contributed by atoms with Crippen LogP contribution in [0.15, 0.2) is 24.3 Å². The Balaban J connectivity index is 2.42. The molecule has 116 valence electrons. The number of rotatable bonds is 7. The van der Waals surface area contributed by atoms with E-state index in [0.29, 0.717) is 18.2 Å². The lowest BCUT2D eigenvalue weighted by Crippen LogP contribution is -2.38. The SMILES string of the molecule is CCCC[C@H](CC)CNC(=O)C(=O)Nc1cccc(C)c1. The fourth-order valence-corrected chi connectivity index (χ4v) is 2.17. The summed E-state index contributed by atoms with van der Waals surface area (Å²) >= 11 is 0. The Kier molecular flexibility index (Phi) is 7.51. The Bertz CT molecular complexity index is 472. The molecule has 0 aliphatic heterocycles. The molecule has 0 aliphatic carbocycles. The second-order valence-corrected chi connectivity index (χ2v) is 5.45. The van der Waals surface area contributed by atoms with Gasteiger partial charge in [-0.2, -0.15) is 0 Å². The van der Waals surface area contributed by atoms with Crippen LogP contribution in [0.1, 0.15) is 45.1 Å². The standard InChI is InChI=1S/C17H26N2O2/c1-4-6-9-14(5-2)12-18-16(20)17(21)19-15-10-7-8-13(3)11-15/h7-8,10-11,14H,4-6,9,12H2,1-3H3,(H,18,20)(H,19,21)/t14-/m0/s1. The van der Waals surface area contributed by atoms with Gasteiger partial charge >= 0.3 is 11.8 Å². The third kappa shape index (κ3) is 6.43. The zero-order valence-electron chi connectivity index (χ0n) is 13.2. The molecule has 0 saturated heterocycles. The van der Waals surface area contributed by atoms with Crippen LogP contribution in [0.4, 0.5) is 5.69 Å². The van der Waals surface area contributed by atoms with E-state index in [1.54, 1.807) is 6.07 Å². The molecule has 4 heteroatoms. The van der Waals surface area contributed by atoms with Crippen molar-refractivity contribution >= 4 is 17.5 Å². The highest BCUT2D eigenvalue weighted by Crippen LogP contribution is 2.11. The number of amides is 2. The summed E-state index contributed by atoms with van der Waals surface area (Å²) in [6, 6.07) is 7.39. The van der Waals surface area contributed by atoms with E-state index in [2.05, 4.69) is 24.5 Å². The highest BCUT2D eigenvalue weighted by atomic mass is 16.2. The summed E-state index contributed by atoms with van der Waals surface area (Å²) in [6.45, 7) is 6.77. The van der Waals surface area contributed by atoms with Crippen LogP contribution in [0.5, 0.6) is 0 Å². The summed E-state index contributed by atoms with van der Waals surface area (Å²) in [6.07, 6.45) is 4.41. The molecule has 0 aliphatic rings. The number of hydrogen-bond acceptors (Lipinski definition) is 2. The molecule has 4 nitrogen and oxygen atoms in total. The number of nitrogens with one attached hydrogen (secondary N) is 2. The van der Waals surface area contributed by atoms with Gasteiger partial charge in [-0.1, -0.05) is 45.2 Å². The molecular weight excluding hydrogens is 264 g/mol. The molecule has 2 amide bonds. The zero-order chi connectivity index (χ0) is 15.7. The summed E-state index contributed by atoms with van der Waals surface area (Å²) in [7, 11) is 0. The van der Waals surface area contributed by atoms with Crippen LogP contribution in [-0.2, 0) is 9.59 Å². The van der Waals surface area contributed by atoms with Gasteiger partial charge < -0.3 is 10.6 Å². The third-order valence-corrected chi connectivity index (χ3v) is 3.58. The number of carbonyl (C=O) groups is 2. The molecule has 0 aromatic heterocycles. The minimum atomic E-state index is -0.606. The van der Waals surface area contributed by atoms with Gasteiger partial charge in [0.1, 0.15) is 0 Å². The van der Waals surface area contributed by atoms with E-state index in [0.717, 1.165) is 31.2 Å². The highest BCUT2D eigenvalue weighted by Gasteiger charge is 2.15. The van der Waals surface area contributed by atoms with Crippen molar-refractivity contribution in [3.63, 3.8) is 0 Å². The second kappa shape index (κ2) is 9.16. The minimum Gasteiger partial charge on any atom is -0.348 e. The van der Waals surface area contributed by atoms with Gasteiger partial charge in [0.05, 0.1) is 0 Å². The van der Waals surface area contributed by atoms with Crippen LogP contribution >= 0.6 is 0 Å². The van der Waals surface area contributed by atoms with Crippen LogP contribution in [0, 0.1) is 12.8 Å². The zero-order valence-corrected chi connectivity index (χ0v) is 13.2. The molecule has 1 rings (SSSR count). The molecule has 0 saturated carbocycles. The van der Waals surface area contributed by atoms with Crippen molar-refractivity contribution in [3.8, 4) is 0 Å². The molecule has 1 aromatic carbocycles. The van der Waals surface area contributed by atoms with Crippen molar-refractivity contribution in [2.45, 2.75) is 46.5 Å². The summed E-state index contributed by atoms with van der Waals surface area (Å²) in [4.78, 5) is 23.6. The predicted octanol–water partition coefficient (Wildman–Crippen LogP) is 3.27. The van der Waals surface area contributed by atoms with Gasteiger partial charge in [0.15, 0.2) is 0 Å². The van der Waals surface area contributed by atoms with Crippen LogP contribution in [0.25, 0.3) is 0 Å². The van der Waals surface area contributed by atoms with Crippen molar-refractivity contribution in [2.24, 2.45) is 5.92 Å². The lowest BCUT2D eigenvalue weighted by Gasteiger charge is -2.15. The van der Waals surface area contributed by atoms with Gasteiger partial charge in [-0.05, 0) is 37.0 Å². The lowest BCUT2D eigenvalue weighted by molar-refractivity contribution is -0.136. The number of carbonyl (C=O) groups excluding carboxylic acids is 2. The first-order valence-electron chi connectivity index (χ1n) is 7.72. The first-order chi connectivity index (χ1) is 10.1. The van der Waals surface area contributed by atoms with Gasteiger partial charge in [0.2, 0.25) is 0 Å². The summed E-state index contributed by atoms with van der Waals surface area (Å²) < 4.78 is 0. The highest BCUT2D eigenvalue weighted by molar-refractivity contribution is 6.39. The maximum atomic E-state index is 11.8. The van der Waals surface area contributed by atoms with Crippen LogP contribution in [0.3, 0.4) is 0 Å². The Hall–Kier alpha value is -1.84. The molecule has 1 aromatic rings. The van der Waals surface area contributed by atoms with Crippen LogP contribution in [-0.4, -0.2) is 18.4 Å². The van der Waals surface area contributed by atoms with Crippen molar-refractivity contribution in [1.29, 1.82) is 0 Å². The molecule has 2 N–H and O–H groups in total. The van der Waals surface area contributed by atoms with Gasteiger partial charge in [-0.25, -0.2) is 0 Å². The fourth-order valence-electron chi connectivity index (χ4n) is 2.17. The van der Waals surface area contributed by atoms with E-state index in [1.807, 2.05) is 25.1 Å². The largest absolute Gasteiger partial charge is 0.348 e. The van der Waals surface area contributed by atoms with Gasteiger partial charge in [0, 0.05) is 12.2 Å². The van der Waals surface area contributed by atoms with Gasteiger partial charge in [-0.3, -0.25) is 9.59 Å². The smallest absolute Gasteiger partial charge is 0.313 e. The molecule has 0 spiro atoms. The van der Waals surface area contributed by atoms with Crippen LogP contribution in [0.2, 0.25) is 0 Å². The topological polar surface area (TPSA) is 58.2 Å². The first-order valence-corrected chi connectivity index (χ1v) is 7.72. The second-order valence-electron chi connectivity index (χ2n) is 5.45. The molecule has 0 heterocycles. The molecule has 1 atom stereocenters. The number of benzene rings is 1. The average Bonchev–Trinajstić information content (AvgIpc) is 2.47. The monoisotopic (exact) mass is 290 g/mol. The average molecular weight is 290 g/mol. The van der Waals surface area contributed by atoms with Crippen molar-refractivity contribution in [1.82, 2.24) is 5.32 Å². The van der Waals surface area contributed by atoms with Gasteiger partial charge in [-0.15, -0.1) is 0 Å². The van der Waals surface area contributed by atoms with E-state index in [4.69, 9.17) is 0 Å². The number of unbranched alkanes of at least 4 members (excludes halogenated alkanes) is 1. The Morgan fingerprint density at radius 3 is 2.57 bits per heavy atom. The molecule has 21 heavy (non-hydrogen) atoms. The Morgan fingerprint density at radius 2 is 1.95 bits per heavy atom. The fraction of sp³-hybridized carbons (Fsp3) is 0.529. The van der Waals surface area contributed by atoms with Crippen molar-refractivity contribution in [2.75, 3.05) is 11.9 Å². The van der Waals surface area contributed by atoms with Crippen molar-refractivity contribution in [3.05, 3.63) is 29.8 Å². The quantitative estimate of drug-likeness (QED) is 0.757. The summed E-state index contributed by atoms with van der Waals surface area (Å²) in [5.74, 6) is -0.724. The number of hydrogen-bond donors (Lipinski definition) is 2. The van der Waals surface area contributed by atoms with E-state index in [9.17, 15) is 9.59 Å². The third-order valence-electron chi connectivity index (χ3n) is 3.58. The maximum absolute atomic E-state index is 11.8. The molecule has 0 fully saturated rings. The number of aryl methyl sites for hydroxylation is 1. The van der Waals surface area contributed by atoms with Crippen LogP contribution < -0.4 is 10.6 Å². The normalized spacial score (nSPS) is 11.8. The molecular formula is C17H26N2O2. The number of anilines is 1. The van der Waals surface area contributed by atoms with E-state index in [-0.39, 0.29) is 0 Å². The predicted molar refractivity (Wildman–Crippen MR) is 86.1 cm³/mol. The molecule has 0 radical (unpaired) electrons. The summed E-state index contributed by atoms with van der Waals surface area (Å²) in [5.41, 5.74) is 1.69.